The summed E-state index contributed by atoms with van der Waals surface area (Å²) in [7, 11) is 3.45. The molecule has 0 saturated heterocycles. The summed E-state index contributed by atoms with van der Waals surface area (Å²) in [5, 5.41) is 6.45. The van der Waals surface area contributed by atoms with E-state index in [9.17, 15) is 4.79 Å². The first-order valence-electron chi connectivity index (χ1n) is 10.6. The molecule has 1 aromatic carbocycles. The molecule has 4 rings (SSSR count). The van der Waals surface area contributed by atoms with Crippen molar-refractivity contribution in [1.29, 1.82) is 0 Å². The minimum atomic E-state index is -0.147. The van der Waals surface area contributed by atoms with Gasteiger partial charge in [-0.25, -0.2) is 9.97 Å². The molecule has 2 aromatic heterocycles. The molecule has 8 nitrogen and oxygen atoms in total. The Morgan fingerprint density at radius 1 is 1.29 bits per heavy atom. The molecule has 0 bridgehead atoms. The van der Waals surface area contributed by atoms with Gasteiger partial charge >= 0.3 is 0 Å². The molecule has 0 amide bonds. The quantitative estimate of drug-likeness (QED) is 0.525. The Morgan fingerprint density at radius 3 is 2.77 bits per heavy atom. The summed E-state index contributed by atoms with van der Waals surface area (Å²) in [6.45, 7) is 5.06. The van der Waals surface area contributed by atoms with Crippen LogP contribution in [0.2, 0.25) is 0 Å². The van der Waals surface area contributed by atoms with Gasteiger partial charge < -0.3 is 20.1 Å². The fourth-order valence-electron chi connectivity index (χ4n) is 3.72. The zero-order chi connectivity index (χ0) is 22.0. The SMILES string of the molecule is CNc1cc(Nc2cc(COC[C@H](C)C3CC3)ccc2OC)nc2c1ncn2C(C)=O. The first-order chi connectivity index (χ1) is 15.0. The number of aromatic nitrogens is 3. The van der Waals surface area contributed by atoms with Gasteiger partial charge in [-0.1, -0.05) is 13.0 Å². The largest absolute Gasteiger partial charge is 0.495 e. The van der Waals surface area contributed by atoms with Crippen LogP contribution in [0.15, 0.2) is 30.6 Å². The van der Waals surface area contributed by atoms with E-state index in [0.29, 0.717) is 35.3 Å². The van der Waals surface area contributed by atoms with E-state index in [0.717, 1.165) is 29.5 Å². The summed E-state index contributed by atoms with van der Waals surface area (Å²) >= 11 is 0. The molecule has 1 aliphatic carbocycles. The van der Waals surface area contributed by atoms with Gasteiger partial charge in [-0.2, -0.15) is 0 Å². The summed E-state index contributed by atoms with van der Waals surface area (Å²) in [5.41, 5.74) is 3.74. The second kappa shape index (κ2) is 8.93. The van der Waals surface area contributed by atoms with E-state index in [-0.39, 0.29) is 5.91 Å². The van der Waals surface area contributed by atoms with E-state index in [1.165, 1.54) is 30.7 Å². The average Bonchev–Trinajstić information content (AvgIpc) is 3.52. The summed E-state index contributed by atoms with van der Waals surface area (Å²) in [4.78, 5) is 20.9. The Morgan fingerprint density at radius 2 is 2.10 bits per heavy atom. The number of carbonyl (C=O) groups excluding carboxylic acids is 1. The van der Waals surface area contributed by atoms with Crippen LogP contribution in [-0.2, 0) is 11.3 Å². The number of methoxy groups -OCH3 is 1. The van der Waals surface area contributed by atoms with Crippen LogP contribution in [0, 0.1) is 11.8 Å². The first kappa shape index (κ1) is 21.1. The lowest BCUT2D eigenvalue weighted by molar-refractivity contribution is 0.0857. The highest BCUT2D eigenvalue weighted by Crippen LogP contribution is 2.37. The Kier molecular flexibility index (Phi) is 6.08. The van der Waals surface area contributed by atoms with Crippen molar-refractivity contribution < 1.29 is 14.3 Å². The summed E-state index contributed by atoms with van der Waals surface area (Å²) in [6, 6.07) is 7.79. The highest BCUT2D eigenvalue weighted by molar-refractivity contribution is 5.94. The van der Waals surface area contributed by atoms with Gasteiger partial charge in [0.15, 0.2) is 5.65 Å². The third-order valence-corrected chi connectivity index (χ3v) is 5.72. The number of hydrogen-bond acceptors (Lipinski definition) is 7. The number of benzene rings is 1. The number of hydrogen-bond donors (Lipinski definition) is 2. The Balaban J connectivity index is 1.57. The van der Waals surface area contributed by atoms with E-state index in [4.69, 9.17) is 9.47 Å². The number of pyridine rings is 1. The number of fused-ring (bicyclic) bond motifs is 1. The Hall–Kier alpha value is -3.13. The van der Waals surface area contributed by atoms with Crippen LogP contribution in [0.1, 0.15) is 37.0 Å². The third-order valence-electron chi connectivity index (χ3n) is 5.72. The first-order valence-corrected chi connectivity index (χ1v) is 10.6. The standard InChI is InChI=1S/C23H29N5O3/c1-14(17-6-7-17)11-31-12-16-5-8-20(30-4)18(9-16)26-21-10-19(24-3)22-23(27-21)28(13-25-22)15(2)29/h5,8-10,13-14,17H,6-7,11-12H2,1-4H3,(H2,24,26,27)/t14-/m0/s1. The van der Waals surface area contributed by atoms with Crippen molar-refractivity contribution in [1.82, 2.24) is 14.5 Å². The molecule has 164 valence electrons. The lowest BCUT2D eigenvalue weighted by Gasteiger charge is -2.15. The summed E-state index contributed by atoms with van der Waals surface area (Å²) in [5.74, 6) is 2.57. The third kappa shape index (κ3) is 4.64. The van der Waals surface area contributed by atoms with Gasteiger partial charge in [0, 0.05) is 26.6 Å². The number of imidazole rings is 1. The van der Waals surface area contributed by atoms with Gasteiger partial charge in [0.1, 0.15) is 23.4 Å². The smallest absolute Gasteiger partial charge is 0.230 e. The van der Waals surface area contributed by atoms with Crippen LogP contribution in [0.25, 0.3) is 11.2 Å². The normalized spacial score (nSPS) is 14.5. The van der Waals surface area contributed by atoms with Crippen LogP contribution in [0.5, 0.6) is 5.75 Å². The number of nitrogens with one attached hydrogen (secondary N) is 2. The molecule has 0 radical (unpaired) electrons. The number of rotatable bonds is 9. The van der Waals surface area contributed by atoms with Gasteiger partial charge in [0.2, 0.25) is 5.91 Å². The van der Waals surface area contributed by atoms with Crippen LogP contribution < -0.4 is 15.4 Å². The monoisotopic (exact) mass is 423 g/mol. The fraction of sp³-hybridized carbons (Fsp3) is 0.435. The molecule has 0 aliphatic heterocycles. The zero-order valence-corrected chi connectivity index (χ0v) is 18.4. The van der Waals surface area contributed by atoms with Gasteiger partial charge in [-0.15, -0.1) is 0 Å². The van der Waals surface area contributed by atoms with E-state index in [1.54, 1.807) is 7.11 Å². The lowest BCUT2D eigenvalue weighted by atomic mass is 10.1. The van der Waals surface area contributed by atoms with Crippen molar-refractivity contribution in [3.8, 4) is 5.75 Å². The predicted octanol–water partition coefficient (Wildman–Crippen LogP) is 4.45. The minimum absolute atomic E-state index is 0.147. The molecule has 31 heavy (non-hydrogen) atoms. The fourth-order valence-corrected chi connectivity index (χ4v) is 3.72. The molecule has 1 saturated carbocycles. The highest BCUT2D eigenvalue weighted by Gasteiger charge is 2.27. The van der Waals surface area contributed by atoms with Crippen molar-refractivity contribution in [2.45, 2.75) is 33.3 Å². The second-order valence-corrected chi connectivity index (χ2v) is 8.10. The molecule has 1 atom stereocenters. The van der Waals surface area contributed by atoms with Crippen molar-refractivity contribution in [2.75, 3.05) is 31.4 Å². The lowest BCUT2D eigenvalue weighted by Crippen LogP contribution is -2.08. The van der Waals surface area contributed by atoms with E-state index in [2.05, 4.69) is 27.5 Å². The van der Waals surface area contributed by atoms with Gasteiger partial charge in [-0.3, -0.25) is 9.36 Å². The summed E-state index contributed by atoms with van der Waals surface area (Å²) < 4.78 is 12.9. The Bertz CT molecular complexity index is 1090. The molecule has 2 N–H and O–H groups in total. The maximum atomic E-state index is 11.9. The number of carbonyl (C=O) groups is 1. The molecule has 0 unspecified atom stereocenters. The Labute approximate surface area is 182 Å². The molecule has 8 heteroatoms. The number of nitrogens with zero attached hydrogens (tertiary/aromatic N) is 3. The summed E-state index contributed by atoms with van der Waals surface area (Å²) in [6.07, 6.45) is 4.15. The van der Waals surface area contributed by atoms with E-state index < -0.39 is 0 Å². The van der Waals surface area contributed by atoms with Gasteiger partial charge in [0.05, 0.1) is 25.1 Å². The van der Waals surface area contributed by atoms with Crippen molar-refractivity contribution in [3.05, 3.63) is 36.2 Å². The molecular weight excluding hydrogens is 394 g/mol. The van der Waals surface area contributed by atoms with Crippen LogP contribution in [0.4, 0.5) is 17.2 Å². The topological polar surface area (TPSA) is 90.3 Å². The molecule has 1 aliphatic rings. The molecule has 2 heterocycles. The maximum Gasteiger partial charge on any atom is 0.230 e. The van der Waals surface area contributed by atoms with Gasteiger partial charge in [-0.05, 0) is 42.4 Å². The maximum absolute atomic E-state index is 11.9. The van der Waals surface area contributed by atoms with Crippen LogP contribution in [-0.4, -0.2) is 41.2 Å². The average molecular weight is 424 g/mol. The van der Waals surface area contributed by atoms with Crippen LogP contribution in [0.3, 0.4) is 0 Å². The second-order valence-electron chi connectivity index (χ2n) is 8.10. The van der Waals surface area contributed by atoms with Crippen LogP contribution >= 0.6 is 0 Å². The molecule has 0 spiro atoms. The van der Waals surface area contributed by atoms with Gasteiger partial charge in [0.25, 0.3) is 0 Å². The number of anilines is 3. The van der Waals surface area contributed by atoms with Crippen molar-refractivity contribution in [2.24, 2.45) is 11.8 Å². The molecule has 1 fully saturated rings. The van der Waals surface area contributed by atoms with E-state index in [1.807, 2.05) is 31.3 Å². The van der Waals surface area contributed by atoms with E-state index >= 15 is 0 Å². The van der Waals surface area contributed by atoms with Crippen molar-refractivity contribution >= 4 is 34.3 Å². The molecular formula is C23H29N5O3. The highest BCUT2D eigenvalue weighted by atomic mass is 16.5. The van der Waals surface area contributed by atoms with Crippen molar-refractivity contribution in [3.63, 3.8) is 0 Å². The number of ether oxygens (including phenoxy) is 2. The minimum Gasteiger partial charge on any atom is -0.495 e. The zero-order valence-electron chi connectivity index (χ0n) is 18.4. The predicted molar refractivity (Wildman–Crippen MR) is 121 cm³/mol. The molecule has 3 aromatic rings.